The molecule has 0 radical (unpaired) electrons. The summed E-state index contributed by atoms with van der Waals surface area (Å²) in [5.74, 6) is -9.46. The van der Waals surface area contributed by atoms with E-state index >= 15 is 0 Å². The van der Waals surface area contributed by atoms with Crippen LogP contribution < -0.4 is 48.3 Å². The van der Waals surface area contributed by atoms with Gasteiger partial charge in [0.1, 0.15) is 18.1 Å². The average molecular weight is 696 g/mol. The molecular formula is C29H39F2N9O9. The Hall–Kier alpha value is -5.69. The van der Waals surface area contributed by atoms with E-state index < -0.39 is 109 Å². The molecule has 0 spiro atoms. The van der Waals surface area contributed by atoms with E-state index in [0.29, 0.717) is 0 Å². The molecule has 1 saturated heterocycles. The molecule has 268 valence electrons. The van der Waals surface area contributed by atoms with Gasteiger partial charge in [-0.15, -0.1) is 0 Å². The number of hydrogen-bond donors (Lipinski definition) is 9. The molecule has 0 bridgehead atoms. The molecule has 0 aliphatic carbocycles. The minimum absolute atomic E-state index is 0.0238. The number of carbonyl (C=O) groups is 9. The number of halogens is 2. The van der Waals surface area contributed by atoms with Gasteiger partial charge >= 0.3 is 0 Å². The number of hydrogen-bond acceptors (Lipinski definition) is 9. The maximum atomic E-state index is 13.8. The van der Waals surface area contributed by atoms with Crippen LogP contribution in [0.15, 0.2) is 18.2 Å². The van der Waals surface area contributed by atoms with Gasteiger partial charge in [0.2, 0.25) is 53.2 Å². The van der Waals surface area contributed by atoms with Gasteiger partial charge in [-0.05, 0) is 37.0 Å². The minimum Gasteiger partial charge on any atom is -0.368 e. The van der Waals surface area contributed by atoms with Gasteiger partial charge in [-0.3, -0.25) is 43.2 Å². The molecule has 0 aromatic heterocycles. The van der Waals surface area contributed by atoms with Crippen LogP contribution in [0.2, 0.25) is 0 Å². The zero-order valence-electron chi connectivity index (χ0n) is 26.5. The van der Waals surface area contributed by atoms with Crippen LogP contribution in [0.25, 0.3) is 0 Å². The largest absolute Gasteiger partial charge is 0.368 e. The third-order valence-corrected chi connectivity index (χ3v) is 6.85. The molecule has 20 heteroatoms. The highest BCUT2D eigenvalue weighted by Crippen LogP contribution is 2.11. The lowest BCUT2D eigenvalue weighted by molar-refractivity contribution is -0.132. The summed E-state index contributed by atoms with van der Waals surface area (Å²) < 4.78 is 27.3. The number of amides is 9. The van der Waals surface area contributed by atoms with Crippen LogP contribution in [0.3, 0.4) is 0 Å². The molecule has 3 atom stereocenters. The molecule has 9 amide bonds. The first-order valence-electron chi connectivity index (χ1n) is 15.1. The SMILES string of the molecule is CC(=O)NCC(=O)NC1CCC(=O)NCCCC(C(N)=O)NC(=O)CNC(=O)CNC(=O)C(Cc2ccc(F)c(F)c2)NC(=O)CNC1=O. The lowest BCUT2D eigenvalue weighted by Gasteiger charge is -2.21. The van der Waals surface area contributed by atoms with E-state index in [4.69, 9.17) is 5.73 Å². The topological polar surface area (TPSA) is 276 Å². The molecule has 1 heterocycles. The van der Waals surface area contributed by atoms with E-state index in [1.54, 1.807) is 0 Å². The quantitative estimate of drug-likeness (QED) is 0.139. The van der Waals surface area contributed by atoms with Crippen LogP contribution >= 0.6 is 0 Å². The van der Waals surface area contributed by atoms with Gasteiger partial charge in [0, 0.05) is 26.3 Å². The van der Waals surface area contributed by atoms with E-state index in [-0.39, 0.29) is 44.2 Å². The second-order valence-electron chi connectivity index (χ2n) is 10.9. The number of carbonyl (C=O) groups excluding carboxylic acids is 9. The molecule has 18 nitrogen and oxygen atoms in total. The standard InChI is InChI=1S/C29H39F2N9O9/c1-15(41)34-12-24(44)39-20-6-7-22(42)33-8-2-3-19(27(32)47)38-25(45)13-35-23(43)11-36-29(49)21(40-26(46)14-37-28(20)48)10-16-4-5-17(30)18(31)9-16/h4-5,9,19-21H,2-3,6-8,10-14H2,1H3,(H2,32,47)(H,33,42)(H,34,41)(H,35,43)(H,36,49)(H,37,48)(H,38,45)(H,39,44)(H,40,46). The highest BCUT2D eigenvalue weighted by Gasteiger charge is 2.26. The maximum Gasteiger partial charge on any atom is 0.243 e. The van der Waals surface area contributed by atoms with E-state index in [1.165, 1.54) is 13.0 Å². The van der Waals surface area contributed by atoms with Gasteiger partial charge < -0.3 is 48.3 Å². The van der Waals surface area contributed by atoms with Crippen molar-refractivity contribution in [3.8, 4) is 0 Å². The summed E-state index contributed by atoms with van der Waals surface area (Å²) in [5, 5.41) is 18.6. The Morgan fingerprint density at radius 1 is 0.816 bits per heavy atom. The molecule has 10 N–H and O–H groups in total. The van der Waals surface area contributed by atoms with Gasteiger partial charge in [-0.25, -0.2) is 8.78 Å². The number of rotatable bonds is 6. The number of nitrogens with one attached hydrogen (secondary N) is 8. The van der Waals surface area contributed by atoms with Gasteiger partial charge in [0.05, 0.1) is 26.2 Å². The van der Waals surface area contributed by atoms with Crippen molar-refractivity contribution in [2.24, 2.45) is 5.73 Å². The maximum absolute atomic E-state index is 13.8. The molecule has 1 aromatic rings. The first kappa shape index (κ1) is 39.5. The van der Waals surface area contributed by atoms with Crippen LogP contribution in [-0.2, 0) is 49.6 Å². The summed E-state index contributed by atoms with van der Waals surface area (Å²) in [6, 6.07) is -1.19. The summed E-state index contributed by atoms with van der Waals surface area (Å²) in [7, 11) is 0. The van der Waals surface area contributed by atoms with E-state index in [0.717, 1.165) is 12.1 Å². The Morgan fingerprint density at radius 3 is 2.14 bits per heavy atom. The summed E-state index contributed by atoms with van der Waals surface area (Å²) >= 11 is 0. The Bertz CT molecular complexity index is 1440. The van der Waals surface area contributed by atoms with Crippen LogP contribution in [0.5, 0.6) is 0 Å². The predicted octanol–water partition coefficient (Wildman–Crippen LogP) is -4.38. The molecule has 1 fully saturated rings. The third kappa shape index (κ3) is 15.2. The Kier molecular flexibility index (Phi) is 16.0. The number of nitrogens with two attached hydrogens (primary N) is 1. The van der Waals surface area contributed by atoms with Crippen LogP contribution in [0.1, 0.15) is 38.2 Å². The third-order valence-electron chi connectivity index (χ3n) is 6.85. The van der Waals surface area contributed by atoms with Gasteiger partial charge in [-0.2, -0.15) is 0 Å². The normalized spacial score (nSPS) is 21.0. The summed E-state index contributed by atoms with van der Waals surface area (Å²) in [6.07, 6.45) is -0.686. The van der Waals surface area contributed by atoms with Crippen LogP contribution in [-0.4, -0.2) is 104 Å². The average Bonchev–Trinajstić information content (AvgIpc) is 3.04. The van der Waals surface area contributed by atoms with Crippen molar-refractivity contribution in [2.75, 3.05) is 32.7 Å². The smallest absolute Gasteiger partial charge is 0.243 e. The monoisotopic (exact) mass is 695 g/mol. The molecular weight excluding hydrogens is 656 g/mol. The Labute approximate surface area is 278 Å². The summed E-state index contributed by atoms with van der Waals surface area (Å²) in [4.78, 5) is 111. The molecule has 3 unspecified atom stereocenters. The molecule has 49 heavy (non-hydrogen) atoms. The lowest BCUT2D eigenvalue weighted by Crippen LogP contribution is -2.54. The Morgan fingerprint density at radius 2 is 1.47 bits per heavy atom. The fraction of sp³-hybridized carbons (Fsp3) is 0.483. The molecule has 0 saturated carbocycles. The lowest BCUT2D eigenvalue weighted by atomic mass is 10.0. The molecule has 1 aromatic carbocycles. The molecule has 1 aliphatic rings. The van der Waals surface area contributed by atoms with Gasteiger partial charge in [0.25, 0.3) is 0 Å². The van der Waals surface area contributed by atoms with Gasteiger partial charge in [-0.1, -0.05) is 6.07 Å². The number of primary amides is 1. The summed E-state index contributed by atoms with van der Waals surface area (Å²) in [5.41, 5.74) is 5.44. The molecule has 1 aliphatic heterocycles. The van der Waals surface area contributed by atoms with Crippen molar-refractivity contribution in [3.05, 3.63) is 35.4 Å². The van der Waals surface area contributed by atoms with E-state index in [1.807, 2.05) is 0 Å². The van der Waals surface area contributed by atoms with Crippen molar-refractivity contribution in [3.63, 3.8) is 0 Å². The van der Waals surface area contributed by atoms with Crippen molar-refractivity contribution in [1.29, 1.82) is 0 Å². The second-order valence-corrected chi connectivity index (χ2v) is 10.9. The summed E-state index contributed by atoms with van der Waals surface area (Å²) in [6.45, 7) is -1.27. The van der Waals surface area contributed by atoms with Crippen molar-refractivity contribution in [2.45, 2.75) is 57.2 Å². The van der Waals surface area contributed by atoms with Crippen LogP contribution in [0.4, 0.5) is 8.78 Å². The zero-order valence-corrected chi connectivity index (χ0v) is 26.5. The highest BCUT2D eigenvalue weighted by molar-refractivity contribution is 5.95. The predicted molar refractivity (Wildman–Crippen MR) is 164 cm³/mol. The van der Waals surface area contributed by atoms with Crippen LogP contribution in [0, 0.1) is 11.6 Å². The van der Waals surface area contributed by atoms with Crippen molar-refractivity contribution in [1.82, 2.24) is 42.5 Å². The fourth-order valence-electron chi connectivity index (χ4n) is 4.33. The first-order chi connectivity index (χ1) is 23.1. The van der Waals surface area contributed by atoms with E-state index in [2.05, 4.69) is 42.5 Å². The van der Waals surface area contributed by atoms with E-state index in [9.17, 15) is 51.9 Å². The molecule has 2 rings (SSSR count). The second kappa shape index (κ2) is 19.9. The van der Waals surface area contributed by atoms with Crippen molar-refractivity contribution >= 4 is 53.2 Å². The number of benzene rings is 1. The minimum atomic E-state index is -1.47. The zero-order chi connectivity index (χ0) is 36.5. The highest BCUT2D eigenvalue weighted by atomic mass is 19.2. The van der Waals surface area contributed by atoms with Crippen molar-refractivity contribution < 1.29 is 51.9 Å². The fourth-order valence-corrected chi connectivity index (χ4v) is 4.33. The first-order valence-corrected chi connectivity index (χ1v) is 15.1. The Balaban J connectivity index is 2.27. The van der Waals surface area contributed by atoms with Gasteiger partial charge in [0.15, 0.2) is 11.6 Å².